The highest BCUT2D eigenvalue weighted by Gasteiger charge is 2.25. The van der Waals surface area contributed by atoms with Crippen LogP contribution in [0.2, 0.25) is 0 Å². The number of thioether (sulfide) groups is 1. The van der Waals surface area contributed by atoms with Crippen molar-refractivity contribution in [2.45, 2.75) is 25.8 Å². The molecule has 1 aliphatic rings. The zero-order valence-electron chi connectivity index (χ0n) is 16.7. The smallest absolute Gasteiger partial charge is 0.245 e. The van der Waals surface area contributed by atoms with E-state index in [0.29, 0.717) is 6.54 Å². The highest BCUT2D eigenvalue weighted by Crippen LogP contribution is 2.24. The van der Waals surface area contributed by atoms with E-state index in [2.05, 4.69) is 34.3 Å². The molecule has 150 valence electrons. The third-order valence-electron chi connectivity index (χ3n) is 5.28. The van der Waals surface area contributed by atoms with Crippen molar-refractivity contribution in [3.8, 4) is 5.75 Å². The van der Waals surface area contributed by atoms with Crippen LogP contribution in [0.25, 0.3) is 10.9 Å². The zero-order valence-corrected chi connectivity index (χ0v) is 17.5. The van der Waals surface area contributed by atoms with Gasteiger partial charge in [-0.15, -0.1) is 11.8 Å². The van der Waals surface area contributed by atoms with Gasteiger partial charge in [0.2, 0.25) is 5.91 Å². The lowest BCUT2D eigenvalue weighted by atomic mass is 10.1. The molecule has 0 fully saturated rings. The lowest BCUT2D eigenvalue weighted by Crippen LogP contribution is -2.35. The number of carbonyl (C=O) groups excluding carboxylic acids is 1. The van der Waals surface area contributed by atoms with Crippen LogP contribution in [0.3, 0.4) is 0 Å². The Morgan fingerprint density at radius 2 is 2.14 bits per heavy atom. The van der Waals surface area contributed by atoms with Crippen LogP contribution >= 0.6 is 11.8 Å². The van der Waals surface area contributed by atoms with Gasteiger partial charge in [-0.05, 0) is 48.2 Å². The molecule has 1 aromatic heterocycles. The number of nitrogens with zero attached hydrogens (tertiary/aromatic N) is 1. The number of aliphatic imine (C=N–C) groups is 1. The van der Waals surface area contributed by atoms with Gasteiger partial charge in [-0.25, -0.2) is 0 Å². The predicted molar refractivity (Wildman–Crippen MR) is 120 cm³/mol. The van der Waals surface area contributed by atoms with Gasteiger partial charge in [0, 0.05) is 35.8 Å². The fourth-order valence-corrected chi connectivity index (χ4v) is 4.59. The average Bonchev–Trinajstić information content (AvgIpc) is 3.36. The van der Waals surface area contributed by atoms with E-state index in [4.69, 9.17) is 4.74 Å². The van der Waals surface area contributed by atoms with E-state index < -0.39 is 0 Å². The van der Waals surface area contributed by atoms with Crippen molar-refractivity contribution >= 4 is 33.6 Å². The molecule has 0 aliphatic carbocycles. The van der Waals surface area contributed by atoms with Crippen molar-refractivity contribution in [1.82, 2.24) is 10.3 Å². The number of nitrogens with one attached hydrogen (secondary N) is 2. The largest absolute Gasteiger partial charge is 0.497 e. The zero-order chi connectivity index (χ0) is 20.2. The van der Waals surface area contributed by atoms with Crippen molar-refractivity contribution < 1.29 is 9.53 Å². The Bertz CT molecular complexity index is 1060. The predicted octanol–water partition coefficient (Wildman–Crippen LogP) is 3.90. The van der Waals surface area contributed by atoms with Crippen LogP contribution in [0.15, 0.2) is 53.7 Å². The van der Waals surface area contributed by atoms with E-state index in [1.165, 1.54) is 16.7 Å². The molecule has 29 heavy (non-hydrogen) atoms. The first-order chi connectivity index (χ1) is 14.1. The van der Waals surface area contributed by atoms with Gasteiger partial charge in [-0.2, -0.15) is 0 Å². The van der Waals surface area contributed by atoms with Gasteiger partial charge in [0.25, 0.3) is 0 Å². The van der Waals surface area contributed by atoms with Crippen molar-refractivity contribution in [3.05, 3.63) is 65.4 Å². The molecule has 4 rings (SSSR count). The molecule has 0 spiro atoms. The molecule has 1 amide bonds. The molecule has 0 radical (unpaired) electrons. The highest BCUT2D eigenvalue weighted by molar-refractivity contribution is 8.14. The third kappa shape index (κ3) is 4.48. The molecule has 5 nitrogen and oxygen atoms in total. The number of ether oxygens (including phenoxy) is 1. The molecule has 3 aromatic rings. The van der Waals surface area contributed by atoms with E-state index in [1.54, 1.807) is 18.9 Å². The van der Waals surface area contributed by atoms with Gasteiger partial charge in [-0.3, -0.25) is 9.79 Å². The van der Waals surface area contributed by atoms with Gasteiger partial charge >= 0.3 is 0 Å². The van der Waals surface area contributed by atoms with Gasteiger partial charge in [0.15, 0.2) is 0 Å². The van der Waals surface area contributed by atoms with Gasteiger partial charge in [-0.1, -0.05) is 24.3 Å². The number of amides is 1. The van der Waals surface area contributed by atoms with Crippen molar-refractivity contribution in [3.63, 3.8) is 0 Å². The Morgan fingerprint density at radius 3 is 2.97 bits per heavy atom. The average molecular weight is 408 g/mol. The molecule has 2 N–H and O–H groups in total. The summed E-state index contributed by atoms with van der Waals surface area (Å²) in [6.45, 7) is 2.70. The fraction of sp³-hybridized carbons (Fsp3) is 0.304. The maximum Gasteiger partial charge on any atom is 0.245 e. The summed E-state index contributed by atoms with van der Waals surface area (Å²) in [5, 5.41) is 5.23. The van der Waals surface area contributed by atoms with E-state index in [-0.39, 0.29) is 11.9 Å². The Labute approximate surface area is 175 Å². The van der Waals surface area contributed by atoms with Crippen molar-refractivity contribution in [2.24, 2.45) is 4.99 Å². The standard InChI is InChI=1S/C23H25N3O2S/c1-15-5-3-4-6-16(15)11-22-26-21(14-29-22)23(27)24-10-9-17-13-25-20-8-7-18(28-2)12-19(17)20/h3-8,12-13,21,25H,9-11,14H2,1-2H3,(H,24,27)/t21-/m0/s1. The minimum absolute atomic E-state index is 0.00899. The van der Waals surface area contributed by atoms with E-state index in [1.807, 2.05) is 36.5 Å². The highest BCUT2D eigenvalue weighted by atomic mass is 32.2. The minimum atomic E-state index is -0.290. The lowest BCUT2D eigenvalue weighted by molar-refractivity contribution is -0.121. The molecule has 0 bridgehead atoms. The number of rotatable bonds is 7. The summed E-state index contributed by atoms with van der Waals surface area (Å²) in [4.78, 5) is 20.5. The van der Waals surface area contributed by atoms with Gasteiger partial charge < -0.3 is 15.0 Å². The summed E-state index contributed by atoms with van der Waals surface area (Å²) in [6, 6.07) is 14.0. The number of methoxy groups -OCH3 is 1. The van der Waals surface area contributed by atoms with Crippen molar-refractivity contribution in [2.75, 3.05) is 19.4 Å². The summed E-state index contributed by atoms with van der Waals surface area (Å²) < 4.78 is 5.32. The van der Waals surface area contributed by atoms with E-state index in [0.717, 1.165) is 40.3 Å². The number of hydrogen-bond donors (Lipinski definition) is 2. The molecule has 0 unspecified atom stereocenters. The number of hydrogen-bond acceptors (Lipinski definition) is 4. The molecular weight excluding hydrogens is 382 g/mol. The maximum absolute atomic E-state index is 12.5. The first-order valence-electron chi connectivity index (χ1n) is 9.79. The Kier molecular flexibility index (Phi) is 5.90. The minimum Gasteiger partial charge on any atom is -0.497 e. The number of aromatic amines is 1. The Hall–Kier alpha value is -2.73. The molecular formula is C23H25N3O2S. The van der Waals surface area contributed by atoms with Crippen molar-refractivity contribution in [1.29, 1.82) is 0 Å². The van der Waals surface area contributed by atoms with Crippen LogP contribution in [0.4, 0.5) is 0 Å². The molecule has 0 saturated carbocycles. The first-order valence-corrected chi connectivity index (χ1v) is 10.8. The number of benzene rings is 2. The second-order valence-corrected chi connectivity index (χ2v) is 8.31. The molecule has 1 aliphatic heterocycles. The summed E-state index contributed by atoms with van der Waals surface area (Å²) in [5.41, 5.74) is 4.78. The summed E-state index contributed by atoms with van der Waals surface area (Å²) in [7, 11) is 1.67. The second kappa shape index (κ2) is 8.74. The Balaban J connectivity index is 1.32. The summed E-state index contributed by atoms with van der Waals surface area (Å²) in [5.74, 6) is 1.56. The Morgan fingerprint density at radius 1 is 1.28 bits per heavy atom. The quantitative estimate of drug-likeness (QED) is 0.624. The van der Waals surface area contributed by atoms with Gasteiger partial charge in [0.1, 0.15) is 11.8 Å². The maximum atomic E-state index is 12.5. The number of fused-ring (bicyclic) bond motifs is 1. The SMILES string of the molecule is COc1ccc2[nH]cc(CCNC(=O)[C@@H]3CSC(Cc4ccccc4C)=N3)c2c1. The van der Waals surface area contributed by atoms with E-state index in [9.17, 15) is 4.79 Å². The number of aromatic nitrogens is 1. The van der Waals surface area contributed by atoms with Crippen LogP contribution in [0.5, 0.6) is 5.75 Å². The number of carbonyl (C=O) groups is 1. The third-order valence-corrected chi connectivity index (χ3v) is 6.35. The van der Waals surface area contributed by atoms with Crippen LogP contribution in [-0.4, -0.2) is 41.4 Å². The normalized spacial score (nSPS) is 16.1. The van der Waals surface area contributed by atoms with Crippen LogP contribution in [0, 0.1) is 6.92 Å². The number of H-pyrrole nitrogens is 1. The lowest BCUT2D eigenvalue weighted by Gasteiger charge is -2.08. The fourth-order valence-electron chi connectivity index (χ4n) is 3.56. The molecule has 2 aromatic carbocycles. The van der Waals surface area contributed by atoms with Crippen LogP contribution in [-0.2, 0) is 17.6 Å². The monoisotopic (exact) mass is 407 g/mol. The molecule has 0 saturated heterocycles. The van der Waals surface area contributed by atoms with Crippen LogP contribution < -0.4 is 10.1 Å². The molecule has 2 heterocycles. The van der Waals surface area contributed by atoms with Crippen LogP contribution in [0.1, 0.15) is 16.7 Å². The summed E-state index contributed by atoms with van der Waals surface area (Å²) >= 11 is 1.69. The van der Waals surface area contributed by atoms with Gasteiger partial charge in [0.05, 0.1) is 12.2 Å². The first kappa shape index (κ1) is 19.6. The number of aryl methyl sites for hydroxylation is 1. The summed E-state index contributed by atoms with van der Waals surface area (Å²) in [6.07, 6.45) is 3.57. The molecule has 6 heteroatoms. The second-order valence-electron chi connectivity index (χ2n) is 7.22. The van der Waals surface area contributed by atoms with E-state index >= 15 is 0 Å². The topological polar surface area (TPSA) is 66.5 Å². The molecule has 1 atom stereocenters.